The van der Waals surface area contributed by atoms with Crippen LogP contribution in [0.4, 0.5) is 0 Å². The summed E-state index contributed by atoms with van der Waals surface area (Å²) in [4.78, 5) is 0. The highest BCUT2D eigenvalue weighted by atomic mass is 16.7. The van der Waals surface area contributed by atoms with Crippen molar-refractivity contribution in [3.05, 3.63) is 11.5 Å². The molecule has 6 heteroatoms. The molecular formula is C7H12O6. The molecular weight excluding hydrogens is 180 g/mol. The van der Waals surface area contributed by atoms with Gasteiger partial charge in [0.05, 0.1) is 6.61 Å². The molecule has 1 aliphatic rings. The molecule has 3 unspecified atom stereocenters. The maximum atomic E-state index is 9.21. The molecule has 4 N–H and O–H groups in total. The fourth-order valence-corrected chi connectivity index (χ4v) is 1.06. The summed E-state index contributed by atoms with van der Waals surface area (Å²) in [6.45, 7) is -0.571. The average molecular weight is 192 g/mol. The molecule has 0 saturated heterocycles. The van der Waals surface area contributed by atoms with Gasteiger partial charge in [0.25, 0.3) is 0 Å². The van der Waals surface area contributed by atoms with Crippen LogP contribution in [0.25, 0.3) is 0 Å². The Morgan fingerprint density at radius 1 is 1.46 bits per heavy atom. The van der Waals surface area contributed by atoms with Crippen molar-refractivity contribution in [2.24, 2.45) is 0 Å². The second kappa shape index (κ2) is 3.93. The molecule has 0 amide bonds. The molecule has 1 rings (SSSR count). The van der Waals surface area contributed by atoms with E-state index in [2.05, 4.69) is 4.74 Å². The van der Waals surface area contributed by atoms with Gasteiger partial charge in [0.1, 0.15) is 12.2 Å². The van der Waals surface area contributed by atoms with Gasteiger partial charge in [0.2, 0.25) is 6.29 Å². The van der Waals surface area contributed by atoms with Gasteiger partial charge in [-0.2, -0.15) is 0 Å². The number of aliphatic hydroxyl groups is 4. The standard InChI is InChI=1S/C7H12O6/c1-12-7-5(11)4(10)6(13-7)3(9)2-8/h3,6-11H,2H2,1H3. The Morgan fingerprint density at radius 2 is 2.08 bits per heavy atom. The molecule has 0 aromatic heterocycles. The topological polar surface area (TPSA) is 99.4 Å². The summed E-state index contributed by atoms with van der Waals surface area (Å²) < 4.78 is 9.52. The van der Waals surface area contributed by atoms with Crippen LogP contribution in [0.15, 0.2) is 11.5 Å². The van der Waals surface area contributed by atoms with E-state index in [4.69, 9.17) is 20.1 Å². The van der Waals surface area contributed by atoms with Gasteiger partial charge < -0.3 is 29.9 Å². The number of rotatable bonds is 3. The molecule has 6 nitrogen and oxygen atoms in total. The maximum Gasteiger partial charge on any atom is 0.220 e. The van der Waals surface area contributed by atoms with Gasteiger partial charge in [-0.1, -0.05) is 0 Å². The number of ether oxygens (including phenoxy) is 2. The van der Waals surface area contributed by atoms with Crippen molar-refractivity contribution in [3.63, 3.8) is 0 Å². The zero-order valence-electron chi connectivity index (χ0n) is 7.04. The fourth-order valence-electron chi connectivity index (χ4n) is 1.06. The summed E-state index contributed by atoms with van der Waals surface area (Å²) >= 11 is 0. The predicted molar refractivity (Wildman–Crippen MR) is 41.0 cm³/mol. The quantitative estimate of drug-likeness (QED) is 0.459. The van der Waals surface area contributed by atoms with Crippen LogP contribution in [0.2, 0.25) is 0 Å². The van der Waals surface area contributed by atoms with Crippen LogP contribution in [0, 0.1) is 0 Å². The van der Waals surface area contributed by atoms with Crippen LogP contribution in [0.3, 0.4) is 0 Å². The highest BCUT2D eigenvalue weighted by molar-refractivity contribution is 5.14. The van der Waals surface area contributed by atoms with Crippen molar-refractivity contribution >= 4 is 0 Å². The number of methoxy groups -OCH3 is 1. The molecule has 0 aliphatic carbocycles. The van der Waals surface area contributed by atoms with Crippen molar-refractivity contribution < 1.29 is 29.9 Å². The molecule has 1 aliphatic heterocycles. The highest BCUT2D eigenvalue weighted by Crippen LogP contribution is 2.25. The van der Waals surface area contributed by atoms with E-state index >= 15 is 0 Å². The van der Waals surface area contributed by atoms with E-state index in [1.807, 2.05) is 0 Å². The van der Waals surface area contributed by atoms with Gasteiger partial charge in [-0.3, -0.25) is 0 Å². The first kappa shape index (κ1) is 10.3. The van der Waals surface area contributed by atoms with E-state index in [1.54, 1.807) is 0 Å². The van der Waals surface area contributed by atoms with Crippen LogP contribution in [0.1, 0.15) is 0 Å². The number of aliphatic hydroxyl groups excluding tert-OH is 4. The summed E-state index contributed by atoms with van der Waals surface area (Å²) in [5.41, 5.74) is 0. The van der Waals surface area contributed by atoms with E-state index in [1.165, 1.54) is 7.11 Å². The van der Waals surface area contributed by atoms with Crippen molar-refractivity contribution in [3.8, 4) is 0 Å². The second-order valence-corrected chi connectivity index (χ2v) is 2.64. The minimum atomic E-state index is -1.28. The Balaban J connectivity index is 2.73. The predicted octanol–water partition coefficient (Wildman–Crippen LogP) is -0.961. The first-order valence-electron chi connectivity index (χ1n) is 3.71. The minimum Gasteiger partial charge on any atom is -0.506 e. The van der Waals surface area contributed by atoms with E-state index in [0.717, 1.165) is 0 Å². The molecule has 0 fully saturated rings. The van der Waals surface area contributed by atoms with Gasteiger partial charge in [0, 0.05) is 7.11 Å². The first-order valence-corrected chi connectivity index (χ1v) is 3.71. The van der Waals surface area contributed by atoms with Crippen LogP contribution < -0.4 is 0 Å². The van der Waals surface area contributed by atoms with Crippen LogP contribution in [0.5, 0.6) is 0 Å². The van der Waals surface area contributed by atoms with Gasteiger partial charge in [-0.15, -0.1) is 0 Å². The molecule has 0 saturated carbocycles. The first-order chi connectivity index (χ1) is 6.11. The van der Waals surface area contributed by atoms with Crippen molar-refractivity contribution in [2.75, 3.05) is 13.7 Å². The third-order valence-electron chi connectivity index (χ3n) is 1.78. The molecule has 0 spiro atoms. The smallest absolute Gasteiger partial charge is 0.220 e. The Morgan fingerprint density at radius 3 is 2.46 bits per heavy atom. The second-order valence-electron chi connectivity index (χ2n) is 2.64. The van der Waals surface area contributed by atoms with Gasteiger partial charge >= 0.3 is 0 Å². The zero-order chi connectivity index (χ0) is 10.0. The molecule has 0 bridgehead atoms. The molecule has 0 aromatic rings. The van der Waals surface area contributed by atoms with Crippen molar-refractivity contribution in [1.29, 1.82) is 0 Å². The molecule has 13 heavy (non-hydrogen) atoms. The Bertz CT molecular complexity index is 213. The minimum absolute atomic E-state index is 0.472. The SMILES string of the molecule is COC1OC(C(O)CO)C(O)=C1O. The lowest BCUT2D eigenvalue weighted by atomic mass is 10.2. The monoisotopic (exact) mass is 192 g/mol. The van der Waals surface area contributed by atoms with E-state index in [9.17, 15) is 5.11 Å². The molecule has 0 radical (unpaired) electrons. The largest absolute Gasteiger partial charge is 0.506 e. The van der Waals surface area contributed by atoms with Crippen molar-refractivity contribution in [1.82, 2.24) is 0 Å². The molecule has 0 aromatic carbocycles. The van der Waals surface area contributed by atoms with Gasteiger partial charge in [-0.25, -0.2) is 0 Å². The van der Waals surface area contributed by atoms with Crippen LogP contribution in [-0.4, -0.2) is 52.6 Å². The van der Waals surface area contributed by atoms with Gasteiger partial charge in [0.15, 0.2) is 11.5 Å². The molecule has 3 atom stereocenters. The van der Waals surface area contributed by atoms with E-state index in [-0.39, 0.29) is 0 Å². The average Bonchev–Trinajstić information content (AvgIpc) is 2.43. The van der Waals surface area contributed by atoms with E-state index < -0.39 is 36.6 Å². The van der Waals surface area contributed by atoms with Crippen molar-refractivity contribution in [2.45, 2.75) is 18.5 Å². The third kappa shape index (κ3) is 1.75. The lowest BCUT2D eigenvalue weighted by molar-refractivity contribution is -0.149. The number of hydrogen-bond donors (Lipinski definition) is 4. The Hall–Kier alpha value is -0.820. The lowest BCUT2D eigenvalue weighted by Crippen LogP contribution is -2.32. The Kier molecular flexibility index (Phi) is 3.10. The lowest BCUT2D eigenvalue weighted by Gasteiger charge is -2.16. The number of hydrogen-bond acceptors (Lipinski definition) is 6. The fraction of sp³-hybridized carbons (Fsp3) is 0.714. The molecule has 76 valence electrons. The highest BCUT2D eigenvalue weighted by Gasteiger charge is 2.39. The summed E-state index contributed by atoms with van der Waals surface area (Å²) in [6, 6.07) is 0. The van der Waals surface area contributed by atoms with Crippen LogP contribution in [-0.2, 0) is 9.47 Å². The maximum absolute atomic E-state index is 9.21. The zero-order valence-corrected chi connectivity index (χ0v) is 7.04. The third-order valence-corrected chi connectivity index (χ3v) is 1.78. The van der Waals surface area contributed by atoms with Gasteiger partial charge in [-0.05, 0) is 0 Å². The summed E-state index contributed by atoms with van der Waals surface area (Å²) in [7, 11) is 1.28. The normalized spacial score (nSPS) is 31.0. The summed E-state index contributed by atoms with van der Waals surface area (Å²) in [5.74, 6) is -0.978. The summed E-state index contributed by atoms with van der Waals surface area (Å²) in [5, 5.41) is 36.1. The molecule has 1 heterocycles. The summed E-state index contributed by atoms with van der Waals surface area (Å²) in [6.07, 6.45) is -3.48. The Labute approximate surface area is 74.6 Å². The van der Waals surface area contributed by atoms with E-state index in [0.29, 0.717) is 0 Å². The van der Waals surface area contributed by atoms with Crippen LogP contribution >= 0.6 is 0 Å².